The molecule has 0 atom stereocenters. The predicted molar refractivity (Wildman–Crippen MR) is 159 cm³/mol. The number of amides is 2. The van der Waals surface area contributed by atoms with Crippen LogP contribution in [0.25, 0.3) is 11.1 Å². The number of nitrogens with one attached hydrogen (secondary N) is 2. The van der Waals surface area contributed by atoms with Crippen molar-refractivity contribution in [3.05, 3.63) is 77.0 Å². The molecule has 0 radical (unpaired) electrons. The summed E-state index contributed by atoms with van der Waals surface area (Å²) in [6.07, 6.45) is 4.43. The smallest absolute Gasteiger partial charge is 0.319 e. The molecule has 2 fully saturated rings. The number of carbonyl (C=O) groups is 1. The van der Waals surface area contributed by atoms with Gasteiger partial charge in [0.2, 0.25) is 0 Å². The summed E-state index contributed by atoms with van der Waals surface area (Å²) in [4.78, 5) is 22.1. The predicted octanol–water partition coefficient (Wildman–Crippen LogP) is 5.25. The number of carbonyl (C=O) groups excluding carboxylic acids is 1. The fourth-order valence-electron chi connectivity index (χ4n) is 5.58. The first-order valence-corrected chi connectivity index (χ1v) is 15.0. The van der Waals surface area contributed by atoms with E-state index < -0.39 is 0 Å². The second-order valence-electron chi connectivity index (χ2n) is 10.5. The van der Waals surface area contributed by atoms with E-state index in [0.717, 1.165) is 49.3 Å². The number of piperazine rings is 1. The average molecular weight is 532 g/mol. The Morgan fingerprint density at radius 3 is 2.13 bits per heavy atom. The number of para-hydroxylation sites is 1. The molecule has 0 aliphatic carbocycles. The van der Waals surface area contributed by atoms with Crippen molar-refractivity contribution in [2.24, 2.45) is 0 Å². The van der Waals surface area contributed by atoms with Gasteiger partial charge in [0.1, 0.15) is 0 Å². The molecule has 2 aliphatic rings. The Hall–Kier alpha value is -2.71. The zero-order valence-corrected chi connectivity index (χ0v) is 23.2. The van der Waals surface area contributed by atoms with Gasteiger partial charge in [-0.2, -0.15) is 0 Å². The van der Waals surface area contributed by atoms with Crippen molar-refractivity contribution >= 4 is 23.1 Å². The SMILES string of the molecule is O=C(Nc1ccccc1-c1ccccc1)NC1CCN(CCCN2CCN(CCc3cccs3)CC2)CC1. The maximum absolute atomic E-state index is 12.8. The summed E-state index contributed by atoms with van der Waals surface area (Å²) >= 11 is 1.87. The van der Waals surface area contributed by atoms with Gasteiger partial charge in [0, 0.05) is 62.3 Å². The Morgan fingerprint density at radius 2 is 1.42 bits per heavy atom. The molecule has 2 N–H and O–H groups in total. The molecule has 7 heteroatoms. The molecule has 3 heterocycles. The average Bonchev–Trinajstić information content (AvgIpc) is 3.48. The summed E-state index contributed by atoms with van der Waals surface area (Å²) in [7, 11) is 0. The van der Waals surface area contributed by atoms with E-state index in [1.807, 2.05) is 47.7 Å². The third-order valence-corrected chi connectivity index (χ3v) is 8.79. The number of thiophene rings is 1. The van der Waals surface area contributed by atoms with Gasteiger partial charge in [-0.25, -0.2) is 4.79 Å². The van der Waals surface area contributed by atoms with Crippen LogP contribution in [0.4, 0.5) is 10.5 Å². The van der Waals surface area contributed by atoms with Gasteiger partial charge in [-0.15, -0.1) is 11.3 Å². The van der Waals surface area contributed by atoms with Crippen molar-refractivity contribution in [3.63, 3.8) is 0 Å². The Balaban J connectivity index is 0.959. The fraction of sp³-hybridized carbons (Fsp3) is 0.452. The van der Waals surface area contributed by atoms with Gasteiger partial charge >= 0.3 is 6.03 Å². The number of anilines is 1. The van der Waals surface area contributed by atoms with Gasteiger partial charge in [0.15, 0.2) is 0 Å². The largest absolute Gasteiger partial charge is 0.335 e. The van der Waals surface area contributed by atoms with Crippen LogP contribution >= 0.6 is 11.3 Å². The highest BCUT2D eigenvalue weighted by atomic mass is 32.1. The van der Waals surface area contributed by atoms with E-state index in [4.69, 9.17) is 0 Å². The molecule has 202 valence electrons. The lowest BCUT2D eigenvalue weighted by Gasteiger charge is -2.36. The van der Waals surface area contributed by atoms with E-state index in [9.17, 15) is 4.79 Å². The van der Waals surface area contributed by atoms with Crippen LogP contribution in [-0.4, -0.2) is 85.7 Å². The van der Waals surface area contributed by atoms with E-state index in [0.29, 0.717) is 0 Å². The molecule has 0 bridgehead atoms. The Labute approximate surface area is 231 Å². The maximum atomic E-state index is 12.8. The summed E-state index contributed by atoms with van der Waals surface area (Å²) in [6.45, 7) is 10.4. The Morgan fingerprint density at radius 1 is 0.763 bits per heavy atom. The Bertz CT molecular complexity index is 1110. The monoisotopic (exact) mass is 531 g/mol. The van der Waals surface area contributed by atoms with Crippen molar-refractivity contribution in [3.8, 4) is 11.1 Å². The second-order valence-corrected chi connectivity index (χ2v) is 11.5. The summed E-state index contributed by atoms with van der Waals surface area (Å²) < 4.78 is 0. The summed E-state index contributed by atoms with van der Waals surface area (Å²) in [6, 6.07) is 22.7. The van der Waals surface area contributed by atoms with Gasteiger partial charge in [-0.05, 0) is 61.8 Å². The zero-order chi connectivity index (χ0) is 26.0. The third kappa shape index (κ3) is 7.90. The number of benzene rings is 2. The molecule has 6 nitrogen and oxygen atoms in total. The minimum absolute atomic E-state index is 0.110. The minimum Gasteiger partial charge on any atom is -0.335 e. The first-order valence-electron chi connectivity index (χ1n) is 14.1. The van der Waals surface area contributed by atoms with Crippen LogP contribution < -0.4 is 10.6 Å². The number of hydrogen-bond acceptors (Lipinski definition) is 5. The molecule has 0 spiro atoms. The van der Waals surface area contributed by atoms with Crippen LogP contribution in [0.5, 0.6) is 0 Å². The molecule has 5 rings (SSSR count). The lowest BCUT2D eigenvalue weighted by atomic mass is 10.0. The van der Waals surface area contributed by atoms with Crippen LogP contribution in [-0.2, 0) is 6.42 Å². The summed E-state index contributed by atoms with van der Waals surface area (Å²) in [5, 5.41) is 8.47. The van der Waals surface area contributed by atoms with Gasteiger partial charge < -0.3 is 25.3 Å². The molecule has 2 aliphatic heterocycles. The van der Waals surface area contributed by atoms with Crippen molar-refractivity contribution in [2.45, 2.75) is 31.7 Å². The molecule has 0 unspecified atom stereocenters. The molecular formula is C31H41N5OS. The van der Waals surface area contributed by atoms with E-state index in [-0.39, 0.29) is 12.1 Å². The molecule has 3 aromatic rings. The molecule has 0 saturated carbocycles. The topological polar surface area (TPSA) is 50.9 Å². The number of piperidine rings is 1. The molecule has 38 heavy (non-hydrogen) atoms. The van der Waals surface area contributed by atoms with Crippen LogP contribution in [0.1, 0.15) is 24.1 Å². The zero-order valence-electron chi connectivity index (χ0n) is 22.4. The van der Waals surface area contributed by atoms with Gasteiger partial charge in [-0.3, -0.25) is 0 Å². The van der Waals surface area contributed by atoms with E-state index in [1.54, 1.807) is 0 Å². The lowest BCUT2D eigenvalue weighted by molar-refractivity contribution is 0.124. The van der Waals surface area contributed by atoms with Gasteiger partial charge in [-0.1, -0.05) is 54.6 Å². The quantitative estimate of drug-likeness (QED) is 0.375. The standard InChI is InChI=1S/C31H41N5OS/c37-31(33-30-12-5-4-11-29(30)26-8-2-1-3-9-26)32-27-13-18-34(19-14-27)16-7-17-35-21-23-36(24-22-35)20-15-28-10-6-25-38-28/h1-6,8-12,25,27H,7,13-24H2,(H2,32,33,37). The molecule has 2 aromatic carbocycles. The lowest BCUT2D eigenvalue weighted by Crippen LogP contribution is -2.48. The highest BCUT2D eigenvalue weighted by Crippen LogP contribution is 2.27. The second kappa shape index (κ2) is 13.9. The van der Waals surface area contributed by atoms with Crippen molar-refractivity contribution in [1.82, 2.24) is 20.0 Å². The summed E-state index contributed by atoms with van der Waals surface area (Å²) in [5.74, 6) is 0. The first-order chi connectivity index (χ1) is 18.7. The number of urea groups is 1. The number of hydrogen-bond donors (Lipinski definition) is 2. The molecular weight excluding hydrogens is 490 g/mol. The van der Waals surface area contributed by atoms with E-state index in [1.165, 1.54) is 57.0 Å². The maximum Gasteiger partial charge on any atom is 0.319 e. The fourth-order valence-corrected chi connectivity index (χ4v) is 6.28. The van der Waals surface area contributed by atoms with Crippen molar-refractivity contribution in [1.29, 1.82) is 0 Å². The van der Waals surface area contributed by atoms with Crippen LogP contribution in [0.2, 0.25) is 0 Å². The summed E-state index contributed by atoms with van der Waals surface area (Å²) in [5.41, 5.74) is 2.99. The van der Waals surface area contributed by atoms with Gasteiger partial charge in [0.25, 0.3) is 0 Å². The first kappa shape index (κ1) is 26.9. The van der Waals surface area contributed by atoms with Crippen molar-refractivity contribution in [2.75, 3.05) is 64.2 Å². The van der Waals surface area contributed by atoms with E-state index >= 15 is 0 Å². The van der Waals surface area contributed by atoms with Gasteiger partial charge in [0.05, 0.1) is 5.69 Å². The van der Waals surface area contributed by atoms with E-state index in [2.05, 4.69) is 61.0 Å². The highest BCUT2D eigenvalue weighted by Gasteiger charge is 2.22. The molecule has 1 aromatic heterocycles. The number of rotatable bonds is 10. The van der Waals surface area contributed by atoms with Crippen molar-refractivity contribution < 1.29 is 4.79 Å². The normalized spacial score (nSPS) is 17.9. The number of nitrogens with zero attached hydrogens (tertiary/aromatic N) is 3. The van der Waals surface area contributed by atoms with Crippen LogP contribution in [0.3, 0.4) is 0 Å². The molecule has 2 saturated heterocycles. The minimum atomic E-state index is -0.110. The Kier molecular flexibility index (Phi) is 9.83. The third-order valence-electron chi connectivity index (χ3n) is 7.85. The van der Waals surface area contributed by atoms with Crippen LogP contribution in [0, 0.1) is 0 Å². The highest BCUT2D eigenvalue weighted by molar-refractivity contribution is 7.09. The number of likely N-dealkylation sites (tertiary alicyclic amines) is 1. The molecule has 2 amide bonds. The van der Waals surface area contributed by atoms with Crippen LogP contribution in [0.15, 0.2) is 72.1 Å².